The Bertz CT molecular complexity index is 444. The Morgan fingerprint density at radius 2 is 1.89 bits per heavy atom. The highest BCUT2D eigenvalue weighted by Crippen LogP contribution is 2.41. The lowest BCUT2D eigenvalue weighted by Crippen LogP contribution is -2.19. The zero-order valence-electron chi connectivity index (χ0n) is 9.11. The SMILES string of the molecule is CC(=O)N(N=Cc1ccc(Cl)cc1)SC(Cl)(Cl)Cl. The van der Waals surface area contributed by atoms with E-state index in [1.165, 1.54) is 13.1 Å². The lowest BCUT2D eigenvalue weighted by molar-refractivity contribution is -0.123. The van der Waals surface area contributed by atoms with Crippen molar-refractivity contribution in [3.05, 3.63) is 34.9 Å². The summed E-state index contributed by atoms with van der Waals surface area (Å²) in [4.78, 5) is 11.3. The van der Waals surface area contributed by atoms with Gasteiger partial charge in [-0.3, -0.25) is 4.79 Å². The van der Waals surface area contributed by atoms with Crippen LogP contribution in [0.4, 0.5) is 0 Å². The number of benzene rings is 1. The summed E-state index contributed by atoms with van der Waals surface area (Å²) in [5.41, 5.74) is 0.774. The van der Waals surface area contributed by atoms with Crippen LogP contribution in [0.15, 0.2) is 29.4 Å². The molecule has 0 spiro atoms. The van der Waals surface area contributed by atoms with Crippen molar-refractivity contribution >= 4 is 70.5 Å². The number of alkyl halides is 3. The van der Waals surface area contributed by atoms with Crippen molar-refractivity contribution in [2.45, 2.75) is 10.0 Å². The third-order valence-corrected chi connectivity index (χ3v) is 3.25. The van der Waals surface area contributed by atoms with Gasteiger partial charge in [0.1, 0.15) is 0 Å². The van der Waals surface area contributed by atoms with E-state index < -0.39 is 3.12 Å². The van der Waals surface area contributed by atoms with Gasteiger partial charge in [-0.2, -0.15) is 9.52 Å². The smallest absolute Gasteiger partial charge is 0.258 e. The fourth-order valence-corrected chi connectivity index (χ4v) is 2.07. The highest BCUT2D eigenvalue weighted by atomic mass is 35.6. The van der Waals surface area contributed by atoms with Crippen LogP contribution in [0.5, 0.6) is 0 Å². The number of halogens is 4. The van der Waals surface area contributed by atoms with Crippen molar-refractivity contribution in [3.63, 3.8) is 0 Å². The summed E-state index contributed by atoms with van der Waals surface area (Å²) in [5, 5.41) is 4.55. The van der Waals surface area contributed by atoms with Gasteiger partial charge >= 0.3 is 0 Å². The summed E-state index contributed by atoms with van der Waals surface area (Å²) >= 11 is 23.2. The zero-order chi connectivity index (χ0) is 13.8. The molecule has 1 rings (SSSR count). The second kappa shape index (κ2) is 6.87. The summed E-state index contributed by atoms with van der Waals surface area (Å²) in [5.74, 6) is -0.350. The number of rotatable bonds is 3. The highest BCUT2D eigenvalue weighted by molar-refractivity contribution is 8.03. The average Bonchev–Trinajstić information content (AvgIpc) is 2.24. The van der Waals surface area contributed by atoms with Gasteiger partial charge in [0.25, 0.3) is 3.12 Å². The summed E-state index contributed by atoms with van der Waals surface area (Å²) in [6.07, 6.45) is 1.47. The fourth-order valence-electron chi connectivity index (χ4n) is 0.935. The van der Waals surface area contributed by atoms with Gasteiger partial charge in [-0.1, -0.05) is 58.5 Å². The van der Waals surface area contributed by atoms with Crippen LogP contribution in [-0.4, -0.2) is 19.7 Å². The molecule has 0 saturated carbocycles. The Balaban J connectivity index is 2.77. The largest absolute Gasteiger partial charge is 0.272 e. The first-order valence-electron chi connectivity index (χ1n) is 4.64. The topological polar surface area (TPSA) is 32.7 Å². The van der Waals surface area contributed by atoms with Crippen LogP contribution in [0.1, 0.15) is 12.5 Å². The average molecular weight is 346 g/mol. The molecule has 0 aromatic heterocycles. The molecular formula is C10H8Cl4N2OS. The van der Waals surface area contributed by atoms with Crippen LogP contribution < -0.4 is 0 Å². The normalized spacial score (nSPS) is 11.8. The number of hydrogen-bond acceptors (Lipinski definition) is 3. The Labute approximate surface area is 129 Å². The molecule has 0 aliphatic carbocycles. The quantitative estimate of drug-likeness (QED) is 0.349. The van der Waals surface area contributed by atoms with Gasteiger partial charge in [-0.25, -0.2) is 0 Å². The van der Waals surface area contributed by atoms with Crippen LogP contribution in [-0.2, 0) is 4.79 Å². The molecule has 1 aromatic carbocycles. The molecule has 8 heteroatoms. The van der Waals surface area contributed by atoms with Crippen LogP contribution in [0.25, 0.3) is 0 Å². The van der Waals surface area contributed by atoms with Gasteiger partial charge in [-0.15, -0.1) is 0 Å². The predicted molar refractivity (Wildman–Crippen MR) is 79.4 cm³/mol. The molecule has 1 aromatic rings. The third kappa shape index (κ3) is 6.16. The molecule has 0 unspecified atom stereocenters. The number of nitrogens with zero attached hydrogens (tertiary/aromatic N) is 2. The van der Waals surface area contributed by atoms with Crippen molar-refractivity contribution in [2.75, 3.05) is 0 Å². The predicted octanol–water partition coefficient (Wildman–Crippen LogP) is 4.50. The number of carbonyl (C=O) groups excluding carboxylic acids is 1. The summed E-state index contributed by atoms with van der Waals surface area (Å²) in [7, 11) is 0. The third-order valence-electron chi connectivity index (χ3n) is 1.64. The Morgan fingerprint density at radius 1 is 1.33 bits per heavy atom. The molecule has 0 aliphatic heterocycles. The maximum absolute atomic E-state index is 11.3. The Kier molecular flexibility index (Phi) is 6.08. The van der Waals surface area contributed by atoms with Gasteiger partial charge < -0.3 is 0 Å². The maximum Gasteiger partial charge on any atom is 0.258 e. The number of amides is 1. The van der Waals surface area contributed by atoms with Crippen molar-refractivity contribution < 1.29 is 4.79 Å². The standard InChI is InChI=1S/C10H8Cl4N2OS/c1-7(17)16(18-10(12,13)14)15-6-8-2-4-9(11)5-3-8/h2-6H,1H3. The molecule has 0 radical (unpaired) electrons. The van der Waals surface area contributed by atoms with Crippen LogP contribution >= 0.6 is 58.4 Å². The summed E-state index contributed by atoms with van der Waals surface area (Å²) < 4.78 is -0.648. The minimum atomic E-state index is -1.65. The van der Waals surface area contributed by atoms with E-state index in [9.17, 15) is 4.79 Å². The number of hydrazone groups is 1. The first kappa shape index (κ1) is 15.9. The van der Waals surface area contributed by atoms with Crippen molar-refractivity contribution in [1.29, 1.82) is 0 Å². The zero-order valence-corrected chi connectivity index (χ0v) is 12.9. The number of hydrogen-bond donors (Lipinski definition) is 0. The molecule has 98 valence electrons. The number of carbonyl (C=O) groups is 1. The van der Waals surface area contributed by atoms with Gasteiger partial charge in [0.05, 0.1) is 6.21 Å². The van der Waals surface area contributed by atoms with Crippen molar-refractivity contribution in [2.24, 2.45) is 5.10 Å². The lowest BCUT2D eigenvalue weighted by Gasteiger charge is -2.17. The van der Waals surface area contributed by atoms with Crippen LogP contribution in [0.3, 0.4) is 0 Å². The molecule has 0 saturated heterocycles. The van der Waals surface area contributed by atoms with E-state index in [4.69, 9.17) is 46.4 Å². The first-order chi connectivity index (χ1) is 8.28. The van der Waals surface area contributed by atoms with E-state index in [0.29, 0.717) is 17.0 Å². The Morgan fingerprint density at radius 3 is 2.33 bits per heavy atom. The van der Waals surface area contributed by atoms with E-state index in [1.807, 2.05) is 0 Å². The van der Waals surface area contributed by atoms with E-state index in [-0.39, 0.29) is 5.91 Å². The molecule has 0 fully saturated rings. The summed E-state index contributed by atoms with van der Waals surface area (Å²) in [6, 6.07) is 6.93. The monoisotopic (exact) mass is 344 g/mol. The van der Waals surface area contributed by atoms with E-state index in [2.05, 4.69) is 5.10 Å². The van der Waals surface area contributed by atoms with Crippen LogP contribution in [0.2, 0.25) is 5.02 Å². The molecule has 18 heavy (non-hydrogen) atoms. The molecule has 1 amide bonds. The van der Waals surface area contributed by atoms with Gasteiger partial charge in [0.15, 0.2) is 0 Å². The maximum atomic E-state index is 11.3. The Hall–Kier alpha value is -0.130. The molecule has 3 nitrogen and oxygen atoms in total. The minimum Gasteiger partial charge on any atom is -0.272 e. The highest BCUT2D eigenvalue weighted by Gasteiger charge is 2.26. The van der Waals surface area contributed by atoms with Crippen molar-refractivity contribution in [1.82, 2.24) is 4.41 Å². The molecule has 0 atom stereocenters. The van der Waals surface area contributed by atoms with E-state index in [0.717, 1.165) is 9.98 Å². The van der Waals surface area contributed by atoms with Gasteiger partial charge in [-0.05, 0) is 17.7 Å². The molecular weight excluding hydrogens is 338 g/mol. The summed E-state index contributed by atoms with van der Waals surface area (Å²) in [6.45, 7) is 1.32. The molecule has 0 aliphatic rings. The molecule has 0 N–H and O–H groups in total. The second-order valence-corrected chi connectivity index (χ2v) is 7.66. The van der Waals surface area contributed by atoms with Crippen LogP contribution in [0, 0.1) is 0 Å². The van der Waals surface area contributed by atoms with E-state index in [1.54, 1.807) is 24.3 Å². The van der Waals surface area contributed by atoms with Gasteiger partial charge in [0, 0.05) is 23.9 Å². The van der Waals surface area contributed by atoms with Crippen molar-refractivity contribution in [3.8, 4) is 0 Å². The molecule has 0 bridgehead atoms. The first-order valence-corrected chi connectivity index (χ1v) is 6.92. The fraction of sp³-hybridized carbons (Fsp3) is 0.200. The molecule has 0 heterocycles. The lowest BCUT2D eigenvalue weighted by atomic mass is 10.2. The minimum absolute atomic E-state index is 0.350. The van der Waals surface area contributed by atoms with E-state index >= 15 is 0 Å². The van der Waals surface area contributed by atoms with Gasteiger partial charge in [0.2, 0.25) is 5.91 Å². The second-order valence-electron chi connectivity index (χ2n) is 3.13.